The fraction of sp³-hybridized carbons (Fsp3) is 0.227. The summed E-state index contributed by atoms with van der Waals surface area (Å²) in [5.41, 5.74) is -6.17. The fourth-order valence-corrected chi connectivity index (χ4v) is 3.71. The van der Waals surface area contributed by atoms with Gasteiger partial charge >= 0.3 is 12.4 Å². The Labute approximate surface area is 192 Å². The maximum atomic E-state index is 14.5. The van der Waals surface area contributed by atoms with Crippen LogP contribution in [0.1, 0.15) is 18.0 Å². The minimum Gasteiger partial charge on any atom is -0.369 e. The number of halogens is 8. The number of hydrazone groups is 1. The number of nitrogens with zero attached hydrogens (tertiary/aromatic N) is 4. The molecule has 0 bridgehead atoms. The average molecular weight is 502 g/mol. The lowest BCUT2D eigenvalue weighted by atomic mass is 9.89. The van der Waals surface area contributed by atoms with Crippen LogP contribution in [0.15, 0.2) is 66.3 Å². The van der Waals surface area contributed by atoms with Crippen molar-refractivity contribution in [2.24, 2.45) is 5.10 Å². The van der Waals surface area contributed by atoms with Gasteiger partial charge in [-0.25, -0.2) is 18.7 Å². The van der Waals surface area contributed by atoms with Crippen molar-refractivity contribution in [3.63, 3.8) is 0 Å². The molecule has 1 atom stereocenters. The smallest absolute Gasteiger partial charge is 0.369 e. The van der Waals surface area contributed by atoms with E-state index in [1.165, 1.54) is 43.0 Å². The fourth-order valence-electron chi connectivity index (χ4n) is 3.71. The van der Waals surface area contributed by atoms with Crippen LogP contribution < -0.4 is 5.01 Å². The van der Waals surface area contributed by atoms with Crippen LogP contribution in [0.25, 0.3) is 11.1 Å². The summed E-state index contributed by atoms with van der Waals surface area (Å²) in [7, 11) is 0. The summed E-state index contributed by atoms with van der Waals surface area (Å²) in [6.07, 6.45) is -9.09. The van der Waals surface area contributed by atoms with Gasteiger partial charge in [-0.05, 0) is 23.3 Å². The molecule has 0 saturated heterocycles. The third-order valence-corrected chi connectivity index (χ3v) is 5.49. The quantitative estimate of drug-likeness (QED) is 0.473. The van der Waals surface area contributed by atoms with Gasteiger partial charge in [0.05, 0.1) is 17.4 Å². The molecule has 4 rings (SSSR count). The molecular formula is C22H14F8N4O. The second-order valence-corrected chi connectivity index (χ2v) is 7.66. The monoisotopic (exact) mass is 502 g/mol. The number of alkyl halides is 6. The zero-order valence-corrected chi connectivity index (χ0v) is 17.3. The van der Waals surface area contributed by atoms with E-state index < -0.39 is 53.4 Å². The largest absolute Gasteiger partial charge is 0.431 e. The zero-order valence-electron chi connectivity index (χ0n) is 17.3. The van der Waals surface area contributed by atoms with Gasteiger partial charge in [-0.15, -0.1) is 0 Å². The number of hydrogen-bond acceptors (Lipinski definition) is 5. The lowest BCUT2D eigenvalue weighted by molar-refractivity contribution is -0.338. The molecule has 0 fully saturated rings. The molecule has 3 aromatic rings. The standard InChI is InChI=1S/C22H14F8N4O/c23-15-5-6-17(16(24)7-15)34-18(8-19(33-34)20(35,21(25,26)27)22(28,29)30)13-3-1-12(2-4-13)14-9-31-11-32-10-14/h1-7,9-11,18,35H,8H2. The predicted molar refractivity (Wildman–Crippen MR) is 108 cm³/mol. The summed E-state index contributed by atoms with van der Waals surface area (Å²) in [5.74, 6) is -2.27. The van der Waals surface area contributed by atoms with Crippen molar-refractivity contribution >= 4 is 11.4 Å². The van der Waals surface area contributed by atoms with Crippen LogP contribution >= 0.6 is 0 Å². The summed E-state index contributed by atoms with van der Waals surface area (Å²) >= 11 is 0. The highest BCUT2D eigenvalue weighted by atomic mass is 19.4. The van der Waals surface area contributed by atoms with Gasteiger partial charge in [0.2, 0.25) is 0 Å². The van der Waals surface area contributed by atoms with Crippen molar-refractivity contribution in [2.75, 3.05) is 5.01 Å². The molecule has 5 nitrogen and oxygen atoms in total. The van der Waals surface area contributed by atoms with Gasteiger partial charge in [0.15, 0.2) is 5.82 Å². The lowest BCUT2D eigenvalue weighted by Crippen LogP contribution is -2.62. The number of aromatic nitrogens is 2. The van der Waals surface area contributed by atoms with E-state index in [9.17, 15) is 40.2 Å². The summed E-state index contributed by atoms with van der Waals surface area (Å²) < 4.78 is 109. The summed E-state index contributed by atoms with van der Waals surface area (Å²) in [6.45, 7) is 0. The van der Waals surface area contributed by atoms with Crippen LogP contribution in [-0.2, 0) is 0 Å². The third-order valence-electron chi connectivity index (χ3n) is 5.49. The van der Waals surface area contributed by atoms with E-state index in [4.69, 9.17) is 0 Å². The molecular weight excluding hydrogens is 488 g/mol. The molecule has 0 aliphatic carbocycles. The second-order valence-electron chi connectivity index (χ2n) is 7.66. The van der Waals surface area contributed by atoms with E-state index in [-0.39, 0.29) is 5.56 Å². The van der Waals surface area contributed by atoms with E-state index in [1.54, 1.807) is 0 Å². The molecule has 0 amide bonds. The van der Waals surface area contributed by atoms with Crippen molar-refractivity contribution in [1.29, 1.82) is 0 Å². The van der Waals surface area contributed by atoms with Gasteiger partial charge in [-0.2, -0.15) is 31.4 Å². The molecule has 0 radical (unpaired) electrons. The van der Waals surface area contributed by atoms with Crippen molar-refractivity contribution in [2.45, 2.75) is 30.4 Å². The molecule has 1 aliphatic heterocycles. The van der Waals surface area contributed by atoms with Crippen molar-refractivity contribution in [3.8, 4) is 11.1 Å². The van der Waals surface area contributed by atoms with Crippen LogP contribution in [0.3, 0.4) is 0 Å². The van der Waals surface area contributed by atoms with Gasteiger partial charge in [0, 0.05) is 30.4 Å². The Kier molecular flexibility index (Phi) is 5.99. The lowest BCUT2D eigenvalue weighted by Gasteiger charge is -2.32. The van der Waals surface area contributed by atoms with E-state index >= 15 is 0 Å². The molecule has 2 heterocycles. The first kappa shape index (κ1) is 24.5. The van der Waals surface area contributed by atoms with Gasteiger partial charge in [0.25, 0.3) is 5.60 Å². The van der Waals surface area contributed by atoms with Crippen molar-refractivity contribution in [3.05, 3.63) is 78.4 Å². The Balaban J connectivity index is 1.81. The molecule has 1 aliphatic rings. The SMILES string of the molecule is OC(C1=NN(c2ccc(F)cc2F)C(c2ccc(-c3cncnc3)cc2)C1)(C(F)(F)F)C(F)(F)F. The Morgan fingerprint density at radius 1 is 0.829 bits per heavy atom. The number of aliphatic hydroxyl groups is 1. The van der Waals surface area contributed by atoms with Gasteiger partial charge in [-0.3, -0.25) is 5.01 Å². The Hall–Kier alpha value is -3.61. The molecule has 184 valence electrons. The third kappa shape index (κ3) is 4.31. The van der Waals surface area contributed by atoms with Gasteiger partial charge < -0.3 is 5.11 Å². The molecule has 1 unspecified atom stereocenters. The average Bonchev–Trinajstić information content (AvgIpc) is 3.23. The number of hydrogen-bond donors (Lipinski definition) is 1. The van der Waals surface area contributed by atoms with Crippen LogP contribution in [0.5, 0.6) is 0 Å². The van der Waals surface area contributed by atoms with Crippen LogP contribution in [-0.4, -0.2) is 38.7 Å². The van der Waals surface area contributed by atoms with Crippen LogP contribution in [0.4, 0.5) is 40.8 Å². The predicted octanol–water partition coefficient (Wildman–Crippen LogP) is 5.58. The minimum atomic E-state index is -6.16. The highest BCUT2D eigenvalue weighted by Crippen LogP contribution is 2.49. The maximum Gasteiger partial charge on any atom is 0.431 e. The minimum absolute atomic E-state index is 0.166. The molecule has 0 saturated carbocycles. The van der Waals surface area contributed by atoms with Crippen molar-refractivity contribution < 1.29 is 40.2 Å². The van der Waals surface area contributed by atoms with Gasteiger partial charge in [0.1, 0.15) is 12.1 Å². The first-order valence-electron chi connectivity index (χ1n) is 9.86. The van der Waals surface area contributed by atoms with E-state index in [1.807, 2.05) is 0 Å². The molecule has 2 aromatic carbocycles. The van der Waals surface area contributed by atoms with Gasteiger partial charge in [-0.1, -0.05) is 24.3 Å². The first-order valence-corrected chi connectivity index (χ1v) is 9.86. The first-order chi connectivity index (χ1) is 16.3. The summed E-state index contributed by atoms with van der Waals surface area (Å²) in [5, 5.41) is 13.8. The summed E-state index contributed by atoms with van der Waals surface area (Å²) in [6, 6.07) is 6.50. The maximum absolute atomic E-state index is 14.5. The Bertz CT molecular complexity index is 1230. The van der Waals surface area contributed by atoms with Crippen LogP contribution in [0.2, 0.25) is 0 Å². The van der Waals surface area contributed by atoms with Crippen LogP contribution in [0, 0.1) is 11.6 Å². The highest BCUT2D eigenvalue weighted by molar-refractivity contribution is 5.97. The molecule has 1 N–H and O–H groups in total. The molecule has 0 spiro atoms. The summed E-state index contributed by atoms with van der Waals surface area (Å²) in [4.78, 5) is 7.72. The Morgan fingerprint density at radius 2 is 1.43 bits per heavy atom. The normalized spacial score (nSPS) is 17.0. The topological polar surface area (TPSA) is 61.6 Å². The molecule has 35 heavy (non-hydrogen) atoms. The Morgan fingerprint density at radius 3 is 1.97 bits per heavy atom. The highest BCUT2D eigenvalue weighted by Gasteiger charge is 2.74. The van der Waals surface area contributed by atoms with Crippen molar-refractivity contribution in [1.82, 2.24) is 9.97 Å². The molecule has 13 heteroatoms. The number of anilines is 1. The molecule has 1 aromatic heterocycles. The second kappa shape index (κ2) is 8.56. The van der Waals surface area contributed by atoms with E-state index in [0.717, 1.165) is 12.1 Å². The van der Waals surface area contributed by atoms with E-state index in [0.29, 0.717) is 22.2 Å². The van der Waals surface area contributed by atoms with E-state index in [2.05, 4.69) is 15.1 Å². The number of benzene rings is 2. The number of rotatable bonds is 4. The zero-order chi connectivity index (χ0) is 25.6.